The van der Waals surface area contributed by atoms with Gasteiger partial charge in [0.2, 0.25) is 5.95 Å². The summed E-state index contributed by atoms with van der Waals surface area (Å²) in [4.78, 5) is 15.0. The summed E-state index contributed by atoms with van der Waals surface area (Å²) in [5.74, 6) is 4.63. The van der Waals surface area contributed by atoms with E-state index in [1.165, 1.54) is 0 Å². The van der Waals surface area contributed by atoms with Crippen LogP contribution < -0.4 is 9.47 Å². The quantitative estimate of drug-likeness (QED) is 0.194. The maximum absolute atomic E-state index is 6.41. The molecule has 0 atom stereocenters. The zero-order valence-electron chi connectivity index (χ0n) is 26.1. The fourth-order valence-electron chi connectivity index (χ4n) is 6.71. The predicted molar refractivity (Wildman–Crippen MR) is 195 cm³/mol. The minimum atomic E-state index is 0.567. The molecule has 0 saturated heterocycles. The number of aromatic nitrogens is 4. The molecule has 0 bridgehead atoms. The van der Waals surface area contributed by atoms with E-state index in [2.05, 4.69) is 71.3 Å². The van der Waals surface area contributed by atoms with Crippen molar-refractivity contribution in [2.45, 2.75) is 0 Å². The number of para-hydroxylation sites is 1. The van der Waals surface area contributed by atoms with Crippen molar-refractivity contribution in [2.24, 2.45) is 0 Å². The van der Waals surface area contributed by atoms with Gasteiger partial charge in [-0.2, -0.15) is 9.97 Å². The summed E-state index contributed by atoms with van der Waals surface area (Å²) in [6.07, 6.45) is 0. The molecule has 0 spiro atoms. The highest BCUT2D eigenvalue weighted by molar-refractivity contribution is 6.10. The molecule has 2 aromatic heterocycles. The third-order valence-electron chi connectivity index (χ3n) is 9.09. The fourth-order valence-corrected chi connectivity index (χ4v) is 6.71. The van der Waals surface area contributed by atoms with Gasteiger partial charge in [-0.05, 0) is 64.4 Å². The zero-order chi connectivity index (χ0) is 32.3. The summed E-state index contributed by atoms with van der Waals surface area (Å²) >= 11 is 0. The third kappa shape index (κ3) is 4.61. The van der Waals surface area contributed by atoms with Crippen molar-refractivity contribution in [2.75, 3.05) is 0 Å². The van der Waals surface area contributed by atoms with Crippen molar-refractivity contribution < 1.29 is 9.47 Å². The Morgan fingerprint density at radius 1 is 0.367 bits per heavy atom. The van der Waals surface area contributed by atoms with Crippen molar-refractivity contribution in [1.82, 2.24) is 19.5 Å². The first kappa shape index (κ1) is 27.3. The van der Waals surface area contributed by atoms with Crippen LogP contribution in [0, 0.1) is 0 Å². The van der Waals surface area contributed by atoms with Crippen molar-refractivity contribution in [1.29, 1.82) is 0 Å². The molecule has 1 aliphatic rings. The van der Waals surface area contributed by atoms with Crippen LogP contribution in [0.25, 0.3) is 72.4 Å². The van der Waals surface area contributed by atoms with Crippen LogP contribution in [-0.2, 0) is 0 Å². The van der Waals surface area contributed by atoms with Crippen LogP contribution in [0.5, 0.6) is 23.0 Å². The first-order chi connectivity index (χ1) is 24.2. The summed E-state index contributed by atoms with van der Waals surface area (Å²) in [6.45, 7) is 0. The number of ether oxygens (including phenoxy) is 2. The van der Waals surface area contributed by atoms with Crippen LogP contribution >= 0.6 is 0 Å². The first-order valence-electron chi connectivity index (χ1n) is 16.2. The van der Waals surface area contributed by atoms with E-state index in [0.717, 1.165) is 60.6 Å². The van der Waals surface area contributed by atoms with Gasteiger partial charge in [-0.3, -0.25) is 4.57 Å². The largest absolute Gasteiger partial charge is 0.449 e. The second kappa shape index (κ2) is 10.9. The van der Waals surface area contributed by atoms with Gasteiger partial charge in [-0.25, -0.2) is 4.98 Å². The molecule has 3 heterocycles. The highest BCUT2D eigenvalue weighted by atomic mass is 16.6. The summed E-state index contributed by atoms with van der Waals surface area (Å²) < 4.78 is 14.8. The normalized spacial score (nSPS) is 12.0. The van der Waals surface area contributed by atoms with Crippen molar-refractivity contribution >= 4 is 32.6 Å². The lowest BCUT2D eigenvalue weighted by Gasteiger charge is -2.22. The Hall–Kier alpha value is -6.79. The molecule has 0 amide bonds. The van der Waals surface area contributed by atoms with Crippen LogP contribution in [0.1, 0.15) is 0 Å². The summed E-state index contributed by atoms with van der Waals surface area (Å²) in [7, 11) is 0. The van der Waals surface area contributed by atoms with E-state index in [4.69, 9.17) is 24.4 Å². The molecule has 0 fully saturated rings. The van der Waals surface area contributed by atoms with Crippen LogP contribution in [-0.4, -0.2) is 19.5 Å². The lowest BCUT2D eigenvalue weighted by atomic mass is 10.0. The average Bonchev–Trinajstić information content (AvgIpc) is 3.50. The van der Waals surface area contributed by atoms with Crippen LogP contribution in [0.3, 0.4) is 0 Å². The van der Waals surface area contributed by atoms with Crippen molar-refractivity contribution in [3.05, 3.63) is 158 Å². The van der Waals surface area contributed by atoms with Gasteiger partial charge in [0.15, 0.2) is 34.6 Å². The highest BCUT2D eigenvalue weighted by Crippen LogP contribution is 2.48. The minimum absolute atomic E-state index is 0.567. The molecular formula is C43H26N4O2. The molecule has 9 aromatic rings. The van der Waals surface area contributed by atoms with Gasteiger partial charge < -0.3 is 9.47 Å². The lowest BCUT2D eigenvalue weighted by Crippen LogP contribution is -2.06. The average molecular weight is 631 g/mol. The molecule has 0 aliphatic carbocycles. The van der Waals surface area contributed by atoms with Gasteiger partial charge in [0.05, 0.1) is 11.0 Å². The maximum Gasteiger partial charge on any atom is 0.238 e. The molecule has 0 N–H and O–H groups in total. The third-order valence-corrected chi connectivity index (χ3v) is 9.09. The Morgan fingerprint density at radius 3 is 1.59 bits per heavy atom. The van der Waals surface area contributed by atoms with Gasteiger partial charge >= 0.3 is 0 Å². The SMILES string of the molecule is c1ccc(-c2nc(-c3ccccc3)nc(-n3c4ccccc4c4cc(-c5ccc6c(c5)Oc5cc7ccccc7cc5O6)ccc43)n2)cc1. The Labute approximate surface area is 281 Å². The Kier molecular flexibility index (Phi) is 6.08. The molecule has 0 radical (unpaired) electrons. The van der Waals surface area contributed by atoms with Gasteiger partial charge in [-0.15, -0.1) is 0 Å². The first-order valence-corrected chi connectivity index (χ1v) is 16.2. The molecule has 0 saturated carbocycles. The highest BCUT2D eigenvalue weighted by Gasteiger charge is 2.22. The molecule has 6 nitrogen and oxygen atoms in total. The molecule has 1 aliphatic heterocycles. The molecule has 6 heteroatoms. The van der Waals surface area contributed by atoms with Crippen LogP contribution in [0.15, 0.2) is 158 Å². The standard InChI is InChI=1S/C43H26N4O2/c1-3-11-27(12-4-1)41-44-42(28-13-5-2-6-14-28)46-43(45-41)47-35-18-10-9-17-33(35)34-23-31(19-21-36(34)47)32-20-22-37-38(26-32)49-40-25-30-16-8-7-15-29(30)24-39(40)48-37/h1-26H. The van der Waals surface area contributed by atoms with Crippen molar-refractivity contribution in [3.63, 3.8) is 0 Å². The van der Waals surface area contributed by atoms with Gasteiger partial charge in [-0.1, -0.05) is 115 Å². The topological polar surface area (TPSA) is 62.1 Å². The Balaban J connectivity index is 1.11. The lowest BCUT2D eigenvalue weighted by molar-refractivity contribution is 0.360. The molecule has 0 unspecified atom stereocenters. The van der Waals surface area contributed by atoms with E-state index in [9.17, 15) is 0 Å². The number of rotatable bonds is 4. The van der Waals surface area contributed by atoms with E-state index in [1.807, 2.05) is 91.0 Å². The predicted octanol–water partition coefficient (Wildman–Crippen LogP) is 11.0. The minimum Gasteiger partial charge on any atom is -0.449 e. The second-order valence-corrected chi connectivity index (χ2v) is 12.1. The monoisotopic (exact) mass is 630 g/mol. The van der Waals surface area contributed by atoms with Gasteiger partial charge in [0.25, 0.3) is 0 Å². The zero-order valence-corrected chi connectivity index (χ0v) is 26.1. The summed E-state index contributed by atoms with van der Waals surface area (Å²) in [5.41, 5.74) is 5.99. The fraction of sp³-hybridized carbons (Fsp3) is 0. The molecule has 49 heavy (non-hydrogen) atoms. The Morgan fingerprint density at radius 2 is 0.898 bits per heavy atom. The second-order valence-electron chi connectivity index (χ2n) is 12.1. The Bertz CT molecular complexity index is 2660. The van der Waals surface area contributed by atoms with E-state index < -0.39 is 0 Å². The molecule has 230 valence electrons. The number of hydrogen-bond acceptors (Lipinski definition) is 5. The van der Waals surface area contributed by atoms with E-state index in [0.29, 0.717) is 34.8 Å². The molecule has 10 rings (SSSR count). The van der Waals surface area contributed by atoms with Crippen molar-refractivity contribution in [3.8, 4) is 62.8 Å². The molecule has 7 aromatic carbocycles. The van der Waals surface area contributed by atoms with E-state index >= 15 is 0 Å². The smallest absolute Gasteiger partial charge is 0.238 e. The van der Waals surface area contributed by atoms with E-state index in [1.54, 1.807) is 0 Å². The number of hydrogen-bond donors (Lipinski definition) is 0. The summed E-state index contributed by atoms with van der Waals surface area (Å²) in [5, 5.41) is 4.43. The maximum atomic E-state index is 6.41. The summed E-state index contributed by atoms with van der Waals surface area (Å²) in [6, 6.07) is 53.4. The number of nitrogens with zero attached hydrogens (tertiary/aromatic N) is 4. The van der Waals surface area contributed by atoms with Gasteiger partial charge in [0.1, 0.15) is 0 Å². The van der Waals surface area contributed by atoms with E-state index in [-0.39, 0.29) is 0 Å². The number of benzene rings is 7. The van der Waals surface area contributed by atoms with Crippen LogP contribution in [0.2, 0.25) is 0 Å². The number of fused-ring (bicyclic) bond motifs is 6. The molecular weight excluding hydrogens is 604 g/mol. The van der Waals surface area contributed by atoms with Gasteiger partial charge in [0, 0.05) is 21.9 Å². The van der Waals surface area contributed by atoms with Crippen LogP contribution in [0.4, 0.5) is 0 Å².